The van der Waals surface area contributed by atoms with Crippen molar-refractivity contribution in [3.05, 3.63) is 94.0 Å². The molecule has 1 aliphatic heterocycles. The summed E-state index contributed by atoms with van der Waals surface area (Å²) in [5.41, 5.74) is -0.200. The van der Waals surface area contributed by atoms with E-state index >= 15 is 0 Å². The van der Waals surface area contributed by atoms with Gasteiger partial charge in [0.15, 0.2) is 0 Å². The minimum Gasteiger partial charge on any atom is -0.378 e. The third-order valence-corrected chi connectivity index (χ3v) is 6.70. The van der Waals surface area contributed by atoms with Crippen LogP contribution in [0, 0.1) is 0 Å². The SMILES string of the molecule is O=C1NC(=O)N(c2ccc(Cl)c(Cl)c2)C(=O)/C1=C/c1ccccc1OS(=O)(=O)c1ccccc1. The van der Waals surface area contributed by atoms with E-state index in [9.17, 15) is 22.8 Å². The summed E-state index contributed by atoms with van der Waals surface area (Å²) in [7, 11) is -4.18. The number of imide groups is 2. The molecule has 1 saturated heterocycles. The Morgan fingerprint density at radius 2 is 1.53 bits per heavy atom. The van der Waals surface area contributed by atoms with Gasteiger partial charge in [-0.25, -0.2) is 9.69 Å². The summed E-state index contributed by atoms with van der Waals surface area (Å²) in [4.78, 5) is 38.6. The Labute approximate surface area is 204 Å². The van der Waals surface area contributed by atoms with Crippen molar-refractivity contribution in [1.29, 1.82) is 0 Å². The first-order valence-corrected chi connectivity index (χ1v) is 11.8. The fourth-order valence-electron chi connectivity index (χ4n) is 3.10. The van der Waals surface area contributed by atoms with Gasteiger partial charge in [-0.1, -0.05) is 59.6 Å². The predicted octanol–water partition coefficient (Wildman–Crippen LogP) is 4.43. The summed E-state index contributed by atoms with van der Waals surface area (Å²) < 4.78 is 30.6. The van der Waals surface area contributed by atoms with Crippen LogP contribution in [0.25, 0.3) is 6.08 Å². The molecule has 8 nitrogen and oxygen atoms in total. The molecule has 1 fully saturated rings. The lowest BCUT2D eigenvalue weighted by Crippen LogP contribution is -2.54. The van der Waals surface area contributed by atoms with Crippen molar-refractivity contribution < 1.29 is 27.0 Å². The van der Waals surface area contributed by atoms with Gasteiger partial charge in [0, 0.05) is 5.56 Å². The molecule has 34 heavy (non-hydrogen) atoms. The maximum atomic E-state index is 13.1. The fraction of sp³-hybridized carbons (Fsp3) is 0. The van der Waals surface area contributed by atoms with Crippen LogP contribution in [0.5, 0.6) is 5.75 Å². The Morgan fingerprint density at radius 3 is 2.24 bits per heavy atom. The van der Waals surface area contributed by atoms with Gasteiger partial charge in [-0.3, -0.25) is 14.9 Å². The zero-order valence-electron chi connectivity index (χ0n) is 17.1. The Kier molecular flexibility index (Phi) is 6.43. The van der Waals surface area contributed by atoms with Gasteiger partial charge in [0.25, 0.3) is 11.8 Å². The number of hydrogen-bond acceptors (Lipinski definition) is 6. The van der Waals surface area contributed by atoms with Crippen LogP contribution in [-0.2, 0) is 19.7 Å². The lowest BCUT2D eigenvalue weighted by molar-refractivity contribution is -0.122. The minimum absolute atomic E-state index is 0.0691. The average molecular weight is 517 g/mol. The number of barbiturate groups is 1. The Morgan fingerprint density at radius 1 is 0.853 bits per heavy atom. The van der Waals surface area contributed by atoms with Gasteiger partial charge in [0.1, 0.15) is 16.2 Å². The number of rotatable bonds is 5. The second kappa shape index (κ2) is 9.30. The van der Waals surface area contributed by atoms with Crippen LogP contribution >= 0.6 is 23.2 Å². The number of nitrogens with one attached hydrogen (secondary N) is 1. The zero-order valence-corrected chi connectivity index (χ0v) is 19.4. The molecular formula is C23H14Cl2N2O6S. The number of anilines is 1. The molecular weight excluding hydrogens is 503 g/mol. The third-order valence-electron chi connectivity index (χ3n) is 4.71. The van der Waals surface area contributed by atoms with E-state index in [1.54, 1.807) is 24.3 Å². The first-order chi connectivity index (χ1) is 16.2. The average Bonchev–Trinajstić information content (AvgIpc) is 2.80. The Bertz CT molecular complexity index is 1460. The molecule has 4 rings (SSSR count). The van der Waals surface area contributed by atoms with E-state index in [1.807, 2.05) is 0 Å². The second-order valence-corrected chi connectivity index (χ2v) is 9.31. The summed E-state index contributed by atoms with van der Waals surface area (Å²) in [6.07, 6.45) is 1.14. The second-order valence-electron chi connectivity index (χ2n) is 6.94. The zero-order chi connectivity index (χ0) is 24.5. The highest BCUT2D eigenvalue weighted by Gasteiger charge is 2.37. The van der Waals surface area contributed by atoms with Crippen molar-refractivity contribution >= 4 is 62.9 Å². The monoisotopic (exact) mass is 516 g/mol. The number of carbonyl (C=O) groups is 3. The van der Waals surface area contributed by atoms with Gasteiger partial charge < -0.3 is 4.18 Å². The summed E-state index contributed by atoms with van der Waals surface area (Å²) >= 11 is 11.9. The molecule has 11 heteroatoms. The normalized spacial score (nSPS) is 15.4. The van der Waals surface area contributed by atoms with Gasteiger partial charge in [-0.05, 0) is 42.5 Å². The summed E-state index contributed by atoms with van der Waals surface area (Å²) in [5.74, 6) is -2.00. The Hall–Kier alpha value is -3.66. The van der Waals surface area contributed by atoms with Gasteiger partial charge in [-0.15, -0.1) is 0 Å². The molecule has 0 saturated carbocycles. The molecule has 3 aromatic rings. The van der Waals surface area contributed by atoms with Crippen molar-refractivity contribution in [3.8, 4) is 5.75 Å². The Balaban J connectivity index is 1.72. The highest BCUT2D eigenvalue weighted by molar-refractivity contribution is 7.87. The summed E-state index contributed by atoms with van der Waals surface area (Å²) in [6, 6.07) is 16.6. The van der Waals surface area contributed by atoms with Crippen LogP contribution in [0.2, 0.25) is 10.0 Å². The maximum Gasteiger partial charge on any atom is 0.339 e. The molecule has 4 amide bonds. The molecule has 0 aromatic heterocycles. The van der Waals surface area contributed by atoms with E-state index in [1.165, 1.54) is 48.5 Å². The van der Waals surface area contributed by atoms with E-state index in [-0.39, 0.29) is 31.9 Å². The summed E-state index contributed by atoms with van der Waals surface area (Å²) in [5, 5.41) is 2.40. The number of urea groups is 1. The van der Waals surface area contributed by atoms with Crippen molar-refractivity contribution in [2.75, 3.05) is 4.90 Å². The number of hydrogen-bond donors (Lipinski definition) is 1. The van der Waals surface area contributed by atoms with Gasteiger partial charge >= 0.3 is 16.1 Å². The third kappa shape index (κ3) is 4.67. The van der Waals surface area contributed by atoms with Crippen LogP contribution in [-0.4, -0.2) is 26.3 Å². The van der Waals surface area contributed by atoms with Crippen molar-refractivity contribution in [2.45, 2.75) is 4.90 Å². The predicted molar refractivity (Wildman–Crippen MR) is 126 cm³/mol. The molecule has 0 aliphatic carbocycles. The topological polar surface area (TPSA) is 110 Å². The molecule has 0 unspecified atom stereocenters. The molecule has 0 bridgehead atoms. The molecule has 1 aliphatic rings. The van der Waals surface area contributed by atoms with E-state index in [0.29, 0.717) is 0 Å². The largest absolute Gasteiger partial charge is 0.378 e. The van der Waals surface area contributed by atoms with Crippen LogP contribution in [0.3, 0.4) is 0 Å². The van der Waals surface area contributed by atoms with Crippen molar-refractivity contribution in [3.63, 3.8) is 0 Å². The number of carbonyl (C=O) groups excluding carboxylic acids is 3. The number of halogens is 2. The van der Waals surface area contributed by atoms with E-state index in [4.69, 9.17) is 27.4 Å². The van der Waals surface area contributed by atoms with E-state index in [0.717, 1.165) is 11.0 Å². The lowest BCUT2D eigenvalue weighted by Gasteiger charge is -2.26. The van der Waals surface area contributed by atoms with Crippen molar-refractivity contribution in [1.82, 2.24) is 5.32 Å². The maximum absolute atomic E-state index is 13.1. The molecule has 0 radical (unpaired) electrons. The molecule has 0 atom stereocenters. The van der Waals surface area contributed by atoms with Crippen LogP contribution in [0.4, 0.5) is 10.5 Å². The van der Waals surface area contributed by atoms with E-state index < -0.39 is 33.5 Å². The van der Waals surface area contributed by atoms with Gasteiger partial charge in [0.05, 0.1) is 15.7 Å². The number of amides is 4. The summed E-state index contributed by atoms with van der Waals surface area (Å²) in [6.45, 7) is 0. The van der Waals surface area contributed by atoms with Crippen molar-refractivity contribution in [2.24, 2.45) is 0 Å². The van der Waals surface area contributed by atoms with Crippen LogP contribution < -0.4 is 14.4 Å². The smallest absolute Gasteiger partial charge is 0.339 e. The quantitative estimate of drug-likeness (QED) is 0.305. The highest BCUT2D eigenvalue weighted by atomic mass is 35.5. The molecule has 3 aromatic carbocycles. The van der Waals surface area contributed by atoms with Gasteiger partial charge in [-0.2, -0.15) is 8.42 Å². The fourth-order valence-corrected chi connectivity index (χ4v) is 4.37. The van der Waals surface area contributed by atoms with Gasteiger partial charge in [0.2, 0.25) is 0 Å². The standard InChI is InChI=1S/C23H14Cl2N2O6S/c24-18-11-10-15(13-19(18)25)27-22(29)17(21(28)26-23(27)30)12-14-6-4-5-9-20(14)33-34(31,32)16-7-2-1-3-8-16/h1-13H,(H,26,28,30)/b17-12+. The molecule has 1 N–H and O–H groups in total. The van der Waals surface area contributed by atoms with Crippen LogP contribution in [0.15, 0.2) is 83.3 Å². The molecule has 172 valence electrons. The van der Waals surface area contributed by atoms with E-state index in [2.05, 4.69) is 5.32 Å². The minimum atomic E-state index is -4.18. The number of para-hydroxylation sites is 1. The highest BCUT2D eigenvalue weighted by Crippen LogP contribution is 2.31. The van der Waals surface area contributed by atoms with Crippen LogP contribution in [0.1, 0.15) is 5.56 Å². The lowest BCUT2D eigenvalue weighted by atomic mass is 10.1. The molecule has 0 spiro atoms. The molecule has 1 heterocycles. The first kappa shape index (κ1) is 23.5. The number of nitrogens with zero attached hydrogens (tertiary/aromatic N) is 1. The first-order valence-electron chi connectivity index (χ1n) is 9.62. The number of benzene rings is 3.